The number of ether oxygens (including phenoxy) is 1. The van der Waals surface area contributed by atoms with Gasteiger partial charge < -0.3 is 20.1 Å². The van der Waals surface area contributed by atoms with Crippen LogP contribution in [0.4, 0.5) is 0 Å². The minimum absolute atomic E-state index is 0.0447. The van der Waals surface area contributed by atoms with E-state index >= 15 is 0 Å². The van der Waals surface area contributed by atoms with Gasteiger partial charge in [0.2, 0.25) is 0 Å². The third-order valence-corrected chi connectivity index (χ3v) is 7.41. The van der Waals surface area contributed by atoms with Gasteiger partial charge in [0.25, 0.3) is 0 Å². The maximum absolute atomic E-state index is 10.9. The monoisotopic (exact) mass is 466 g/mol. The molecular formula is C28H50O5. The van der Waals surface area contributed by atoms with Crippen LogP contribution in [0, 0.1) is 23.7 Å². The molecule has 0 saturated heterocycles. The summed E-state index contributed by atoms with van der Waals surface area (Å²) in [7, 11) is 0. The van der Waals surface area contributed by atoms with Gasteiger partial charge in [-0.05, 0) is 69.3 Å². The molecule has 6 unspecified atom stereocenters. The lowest BCUT2D eigenvalue weighted by Gasteiger charge is -2.30. The second-order valence-corrected chi connectivity index (χ2v) is 10.7. The molecule has 192 valence electrons. The predicted octanol–water partition coefficient (Wildman–Crippen LogP) is 6.49. The fourth-order valence-corrected chi connectivity index (χ4v) is 4.60. The van der Waals surface area contributed by atoms with Crippen molar-refractivity contribution in [1.29, 1.82) is 0 Å². The van der Waals surface area contributed by atoms with E-state index in [9.17, 15) is 15.0 Å². The van der Waals surface area contributed by atoms with Crippen molar-refractivity contribution in [2.75, 3.05) is 6.61 Å². The Kier molecular flexibility index (Phi) is 13.3. The van der Waals surface area contributed by atoms with Gasteiger partial charge in [-0.3, -0.25) is 4.79 Å². The summed E-state index contributed by atoms with van der Waals surface area (Å²) in [5.41, 5.74) is 0.526. The first kappa shape index (κ1) is 29.7. The Morgan fingerprint density at radius 2 is 1.70 bits per heavy atom. The van der Waals surface area contributed by atoms with Crippen molar-refractivity contribution in [3.05, 3.63) is 23.5 Å². The Labute approximate surface area is 202 Å². The van der Waals surface area contributed by atoms with Gasteiger partial charge in [-0.2, -0.15) is 0 Å². The highest BCUT2D eigenvalue weighted by molar-refractivity contribution is 5.69. The summed E-state index contributed by atoms with van der Waals surface area (Å²) in [6.07, 6.45) is 13.0. The zero-order valence-corrected chi connectivity index (χ0v) is 22.0. The highest BCUT2D eigenvalue weighted by atomic mass is 16.5. The van der Waals surface area contributed by atoms with E-state index in [4.69, 9.17) is 9.84 Å². The number of aliphatic carboxylic acids is 1. The highest BCUT2D eigenvalue weighted by Gasteiger charge is 2.25. The minimum atomic E-state index is -0.764. The van der Waals surface area contributed by atoms with Crippen molar-refractivity contribution in [2.24, 2.45) is 23.7 Å². The first-order valence-corrected chi connectivity index (χ1v) is 13.1. The topological polar surface area (TPSA) is 87.0 Å². The third-order valence-electron chi connectivity index (χ3n) is 7.41. The average molecular weight is 467 g/mol. The summed E-state index contributed by atoms with van der Waals surface area (Å²) in [5, 5.41) is 29.4. The molecule has 0 amide bonds. The van der Waals surface area contributed by atoms with Crippen LogP contribution in [0.3, 0.4) is 0 Å². The summed E-state index contributed by atoms with van der Waals surface area (Å²) < 4.78 is 6.31. The number of rotatable bonds is 17. The number of allylic oxidation sites excluding steroid dienone is 4. The van der Waals surface area contributed by atoms with Crippen molar-refractivity contribution in [3.63, 3.8) is 0 Å². The van der Waals surface area contributed by atoms with Crippen molar-refractivity contribution < 1.29 is 24.9 Å². The Morgan fingerprint density at radius 1 is 1.09 bits per heavy atom. The number of carbonyl (C=O) groups is 1. The number of carboxylic acids is 1. The summed E-state index contributed by atoms with van der Waals surface area (Å²) in [4.78, 5) is 10.9. The molecule has 1 aliphatic rings. The lowest BCUT2D eigenvalue weighted by Crippen LogP contribution is -2.25. The van der Waals surface area contributed by atoms with E-state index in [2.05, 4.69) is 39.8 Å². The van der Waals surface area contributed by atoms with E-state index < -0.39 is 11.6 Å². The van der Waals surface area contributed by atoms with Crippen molar-refractivity contribution in [3.8, 4) is 0 Å². The SMILES string of the molecule is CCC1=C(OC(CO)CCCC(C)CCCC(C)(O)CCCC(C)C(=O)O)C(C)C(C)C=C1. The summed E-state index contributed by atoms with van der Waals surface area (Å²) in [6, 6.07) is 0. The van der Waals surface area contributed by atoms with Crippen LogP contribution in [0.1, 0.15) is 106 Å². The van der Waals surface area contributed by atoms with Crippen LogP contribution in [-0.4, -0.2) is 39.6 Å². The van der Waals surface area contributed by atoms with Crippen LogP contribution in [-0.2, 0) is 9.53 Å². The fraction of sp³-hybridized carbons (Fsp3) is 0.821. The Balaban J connectivity index is 2.33. The molecule has 1 aliphatic carbocycles. The molecule has 0 radical (unpaired) electrons. The lowest BCUT2D eigenvalue weighted by molar-refractivity contribution is -0.141. The molecule has 33 heavy (non-hydrogen) atoms. The molecule has 0 saturated carbocycles. The van der Waals surface area contributed by atoms with Gasteiger partial charge in [0.15, 0.2) is 0 Å². The van der Waals surface area contributed by atoms with Crippen LogP contribution in [0.2, 0.25) is 0 Å². The highest BCUT2D eigenvalue weighted by Crippen LogP contribution is 2.33. The standard InChI is InChI=1S/C28H50O5/c1-7-24-16-15-21(3)23(5)26(24)33-25(19-29)14-8-11-20(2)12-9-17-28(6,32)18-10-13-22(4)27(30)31/h15-16,20-23,25,29,32H,7-14,17-19H2,1-6H3,(H,30,31). The van der Waals surface area contributed by atoms with Gasteiger partial charge in [0.05, 0.1) is 18.1 Å². The van der Waals surface area contributed by atoms with Crippen LogP contribution in [0.15, 0.2) is 23.5 Å². The number of aliphatic hydroxyl groups excluding tert-OH is 1. The van der Waals surface area contributed by atoms with Crippen molar-refractivity contribution in [2.45, 2.75) is 117 Å². The lowest BCUT2D eigenvalue weighted by atomic mass is 9.85. The predicted molar refractivity (Wildman–Crippen MR) is 135 cm³/mol. The maximum atomic E-state index is 10.9. The van der Waals surface area contributed by atoms with Gasteiger partial charge in [0.1, 0.15) is 11.9 Å². The Hall–Kier alpha value is -1.33. The zero-order valence-electron chi connectivity index (χ0n) is 22.0. The average Bonchev–Trinajstić information content (AvgIpc) is 2.75. The van der Waals surface area contributed by atoms with Crippen LogP contribution in [0.25, 0.3) is 0 Å². The molecule has 0 spiro atoms. The quantitative estimate of drug-likeness (QED) is 0.228. The first-order chi connectivity index (χ1) is 15.5. The van der Waals surface area contributed by atoms with Crippen molar-refractivity contribution in [1.82, 2.24) is 0 Å². The molecule has 5 heteroatoms. The number of aliphatic hydroxyl groups is 2. The second kappa shape index (κ2) is 14.8. The smallest absolute Gasteiger partial charge is 0.306 e. The van der Waals surface area contributed by atoms with E-state index in [0.29, 0.717) is 30.6 Å². The number of hydrogen-bond donors (Lipinski definition) is 3. The second-order valence-electron chi connectivity index (χ2n) is 10.7. The number of carboxylic acid groups (broad SMARTS) is 1. The molecule has 1 rings (SSSR count). The Bertz CT molecular complexity index is 636. The molecule has 0 bridgehead atoms. The summed E-state index contributed by atoms with van der Waals surface area (Å²) >= 11 is 0. The van der Waals surface area contributed by atoms with Crippen molar-refractivity contribution >= 4 is 5.97 Å². The van der Waals surface area contributed by atoms with Gasteiger partial charge >= 0.3 is 5.97 Å². The largest absolute Gasteiger partial charge is 0.492 e. The zero-order chi connectivity index (χ0) is 25.0. The molecule has 0 aliphatic heterocycles. The van der Waals surface area contributed by atoms with Gasteiger partial charge in [0, 0.05) is 5.92 Å². The maximum Gasteiger partial charge on any atom is 0.306 e. The summed E-state index contributed by atoms with van der Waals surface area (Å²) in [5.74, 6) is 1.30. The Morgan fingerprint density at radius 3 is 2.27 bits per heavy atom. The molecule has 0 aromatic carbocycles. The molecule has 0 fully saturated rings. The molecule has 0 aromatic rings. The molecule has 0 aromatic heterocycles. The molecule has 0 heterocycles. The van der Waals surface area contributed by atoms with Gasteiger partial charge in [-0.15, -0.1) is 0 Å². The fourth-order valence-electron chi connectivity index (χ4n) is 4.60. The van der Waals surface area contributed by atoms with Crippen LogP contribution >= 0.6 is 0 Å². The van der Waals surface area contributed by atoms with E-state index in [1.165, 1.54) is 5.57 Å². The normalized spacial score (nSPS) is 23.2. The minimum Gasteiger partial charge on any atom is -0.492 e. The molecule has 5 nitrogen and oxygen atoms in total. The van der Waals surface area contributed by atoms with E-state index in [-0.39, 0.29) is 18.6 Å². The van der Waals surface area contributed by atoms with Crippen LogP contribution < -0.4 is 0 Å². The number of hydrogen-bond acceptors (Lipinski definition) is 4. The van der Waals surface area contributed by atoms with Crippen LogP contribution in [0.5, 0.6) is 0 Å². The van der Waals surface area contributed by atoms with E-state index in [1.807, 2.05) is 6.92 Å². The first-order valence-electron chi connectivity index (χ1n) is 13.1. The third kappa shape index (κ3) is 11.1. The summed E-state index contributed by atoms with van der Waals surface area (Å²) in [6.45, 7) is 12.5. The molecular weight excluding hydrogens is 416 g/mol. The van der Waals surface area contributed by atoms with Gasteiger partial charge in [-0.1, -0.05) is 66.0 Å². The van der Waals surface area contributed by atoms with E-state index in [1.54, 1.807) is 6.92 Å². The molecule has 6 atom stereocenters. The van der Waals surface area contributed by atoms with E-state index in [0.717, 1.165) is 57.1 Å². The van der Waals surface area contributed by atoms with Gasteiger partial charge in [-0.25, -0.2) is 0 Å². The molecule has 3 N–H and O–H groups in total.